The van der Waals surface area contributed by atoms with Crippen LogP contribution in [0.1, 0.15) is 22.3 Å². The third-order valence-corrected chi connectivity index (χ3v) is 4.12. The zero-order chi connectivity index (χ0) is 13.8. The van der Waals surface area contributed by atoms with E-state index in [1.807, 2.05) is 13.0 Å². The summed E-state index contributed by atoms with van der Waals surface area (Å²) in [6.07, 6.45) is 0. The van der Waals surface area contributed by atoms with Crippen LogP contribution < -0.4 is 0 Å². The van der Waals surface area contributed by atoms with Crippen molar-refractivity contribution in [1.82, 2.24) is 0 Å². The third-order valence-electron chi connectivity index (χ3n) is 2.91. The highest BCUT2D eigenvalue weighted by molar-refractivity contribution is 7.98. The van der Waals surface area contributed by atoms with E-state index in [1.54, 1.807) is 23.9 Å². The van der Waals surface area contributed by atoms with Gasteiger partial charge in [0.2, 0.25) is 0 Å². The van der Waals surface area contributed by atoms with Gasteiger partial charge in [-0.2, -0.15) is 5.26 Å². The van der Waals surface area contributed by atoms with Crippen LogP contribution in [-0.4, -0.2) is 0 Å². The van der Waals surface area contributed by atoms with Crippen LogP contribution in [0.4, 0.5) is 4.39 Å². The number of hydrogen-bond donors (Lipinski definition) is 0. The maximum absolute atomic E-state index is 13.8. The van der Waals surface area contributed by atoms with Crippen molar-refractivity contribution in [1.29, 1.82) is 5.26 Å². The lowest BCUT2D eigenvalue weighted by atomic mass is 10.1. The first-order valence-electron chi connectivity index (χ1n) is 5.99. The van der Waals surface area contributed by atoms with Crippen molar-refractivity contribution >= 4 is 11.8 Å². The second-order valence-electron chi connectivity index (χ2n) is 4.48. The van der Waals surface area contributed by atoms with E-state index in [2.05, 4.69) is 25.1 Å². The maximum atomic E-state index is 13.8. The van der Waals surface area contributed by atoms with Gasteiger partial charge in [-0.3, -0.25) is 0 Å². The number of aryl methyl sites for hydroxylation is 2. The molecule has 3 heteroatoms. The molecule has 0 saturated carbocycles. The van der Waals surface area contributed by atoms with E-state index in [0.29, 0.717) is 16.9 Å². The Labute approximate surface area is 117 Å². The topological polar surface area (TPSA) is 23.8 Å². The van der Waals surface area contributed by atoms with Crippen LogP contribution in [0.5, 0.6) is 0 Å². The SMILES string of the molecule is Cc1ccc(C)c(SCc2ccc(C#N)cc2F)c1. The number of benzene rings is 2. The van der Waals surface area contributed by atoms with E-state index in [-0.39, 0.29) is 5.82 Å². The Kier molecular flexibility index (Phi) is 4.24. The smallest absolute Gasteiger partial charge is 0.128 e. The molecule has 0 aliphatic rings. The second-order valence-corrected chi connectivity index (χ2v) is 5.49. The summed E-state index contributed by atoms with van der Waals surface area (Å²) in [5.74, 6) is 0.263. The van der Waals surface area contributed by atoms with Crippen molar-refractivity contribution in [3.8, 4) is 6.07 Å². The molecule has 0 atom stereocenters. The lowest BCUT2D eigenvalue weighted by molar-refractivity contribution is 0.617. The molecule has 0 bridgehead atoms. The molecule has 0 saturated heterocycles. The second kappa shape index (κ2) is 5.90. The van der Waals surface area contributed by atoms with E-state index in [4.69, 9.17) is 5.26 Å². The fourth-order valence-corrected chi connectivity index (χ4v) is 2.86. The largest absolute Gasteiger partial charge is 0.207 e. The summed E-state index contributed by atoms with van der Waals surface area (Å²) < 4.78 is 13.8. The molecule has 2 aromatic carbocycles. The molecule has 0 aromatic heterocycles. The predicted molar refractivity (Wildman–Crippen MR) is 76.6 cm³/mol. The Morgan fingerprint density at radius 2 is 1.95 bits per heavy atom. The molecule has 1 nitrogen and oxygen atoms in total. The van der Waals surface area contributed by atoms with E-state index in [0.717, 1.165) is 0 Å². The molecule has 0 amide bonds. The summed E-state index contributed by atoms with van der Waals surface area (Å²) in [6, 6.07) is 12.8. The van der Waals surface area contributed by atoms with Crippen molar-refractivity contribution in [2.75, 3.05) is 0 Å². The zero-order valence-electron chi connectivity index (χ0n) is 10.9. The van der Waals surface area contributed by atoms with Gasteiger partial charge in [-0.05, 0) is 43.2 Å². The molecule has 2 aromatic rings. The first-order valence-corrected chi connectivity index (χ1v) is 6.97. The number of nitrogens with zero attached hydrogens (tertiary/aromatic N) is 1. The van der Waals surface area contributed by atoms with Gasteiger partial charge in [0.05, 0.1) is 11.6 Å². The average molecular weight is 271 g/mol. The highest BCUT2D eigenvalue weighted by atomic mass is 32.2. The van der Waals surface area contributed by atoms with Crippen molar-refractivity contribution in [3.63, 3.8) is 0 Å². The van der Waals surface area contributed by atoms with Gasteiger partial charge in [0, 0.05) is 10.6 Å². The quantitative estimate of drug-likeness (QED) is 0.761. The summed E-state index contributed by atoms with van der Waals surface area (Å²) in [5.41, 5.74) is 3.39. The Balaban J connectivity index is 2.15. The number of nitriles is 1. The lowest BCUT2D eigenvalue weighted by Crippen LogP contribution is -1.90. The number of halogens is 1. The van der Waals surface area contributed by atoms with Crippen LogP contribution in [-0.2, 0) is 5.75 Å². The summed E-state index contributed by atoms with van der Waals surface area (Å²) in [7, 11) is 0. The van der Waals surface area contributed by atoms with Gasteiger partial charge < -0.3 is 0 Å². The fourth-order valence-electron chi connectivity index (χ4n) is 1.75. The van der Waals surface area contributed by atoms with Gasteiger partial charge in [0.1, 0.15) is 5.82 Å². The molecule has 2 rings (SSSR count). The van der Waals surface area contributed by atoms with Crippen molar-refractivity contribution in [2.45, 2.75) is 24.5 Å². The average Bonchev–Trinajstić information content (AvgIpc) is 2.40. The first kappa shape index (κ1) is 13.6. The van der Waals surface area contributed by atoms with Crippen LogP contribution in [0, 0.1) is 31.0 Å². The molecule has 96 valence electrons. The van der Waals surface area contributed by atoms with Crippen LogP contribution in [0.3, 0.4) is 0 Å². The minimum atomic E-state index is -0.308. The Bertz CT molecular complexity index is 644. The molecular weight excluding hydrogens is 257 g/mol. The highest BCUT2D eigenvalue weighted by Gasteiger charge is 2.06. The predicted octanol–water partition coefficient (Wildman–Crippen LogP) is 4.61. The standard InChI is InChI=1S/C16H14FNS/c1-11-3-4-12(2)16(7-11)19-10-14-6-5-13(9-18)8-15(14)17/h3-8H,10H2,1-2H3. The van der Waals surface area contributed by atoms with E-state index in [1.165, 1.54) is 22.1 Å². The van der Waals surface area contributed by atoms with E-state index in [9.17, 15) is 4.39 Å². The van der Waals surface area contributed by atoms with Gasteiger partial charge in [-0.1, -0.05) is 23.8 Å². The Morgan fingerprint density at radius 3 is 2.63 bits per heavy atom. The van der Waals surface area contributed by atoms with E-state index < -0.39 is 0 Å². The van der Waals surface area contributed by atoms with Crippen molar-refractivity contribution in [3.05, 3.63) is 64.5 Å². The highest BCUT2D eigenvalue weighted by Crippen LogP contribution is 2.28. The fraction of sp³-hybridized carbons (Fsp3) is 0.188. The number of hydrogen-bond acceptors (Lipinski definition) is 2. The van der Waals surface area contributed by atoms with Crippen molar-refractivity contribution in [2.24, 2.45) is 0 Å². The van der Waals surface area contributed by atoms with Crippen LogP contribution in [0.2, 0.25) is 0 Å². The Morgan fingerprint density at radius 1 is 1.16 bits per heavy atom. The van der Waals surface area contributed by atoms with Gasteiger partial charge in [0.15, 0.2) is 0 Å². The molecule has 19 heavy (non-hydrogen) atoms. The van der Waals surface area contributed by atoms with Crippen LogP contribution >= 0.6 is 11.8 Å². The summed E-state index contributed by atoms with van der Waals surface area (Å²) in [4.78, 5) is 1.17. The normalized spacial score (nSPS) is 10.2. The minimum Gasteiger partial charge on any atom is -0.207 e. The van der Waals surface area contributed by atoms with Crippen LogP contribution in [0.15, 0.2) is 41.3 Å². The van der Waals surface area contributed by atoms with Gasteiger partial charge >= 0.3 is 0 Å². The molecule has 0 fully saturated rings. The van der Waals surface area contributed by atoms with Crippen LogP contribution in [0.25, 0.3) is 0 Å². The maximum Gasteiger partial charge on any atom is 0.128 e. The Hall–Kier alpha value is -1.79. The summed E-state index contributed by atoms with van der Waals surface area (Å²) >= 11 is 1.62. The van der Waals surface area contributed by atoms with E-state index >= 15 is 0 Å². The monoisotopic (exact) mass is 271 g/mol. The molecule has 0 aliphatic carbocycles. The van der Waals surface area contributed by atoms with Gasteiger partial charge in [-0.25, -0.2) is 4.39 Å². The molecular formula is C16H14FNS. The third kappa shape index (κ3) is 3.36. The number of rotatable bonds is 3. The summed E-state index contributed by atoms with van der Waals surface area (Å²) in [5, 5.41) is 8.71. The summed E-state index contributed by atoms with van der Waals surface area (Å²) in [6.45, 7) is 4.10. The van der Waals surface area contributed by atoms with Gasteiger partial charge in [-0.15, -0.1) is 11.8 Å². The molecule has 0 heterocycles. The first-order chi connectivity index (χ1) is 9.10. The number of thioether (sulfide) groups is 1. The minimum absolute atomic E-state index is 0.308. The molecule has 0 aliphatic heterocycles. The molecule has 0 spiro atoms. The van der Waals surface area contributed by atoms with Crippen molar-refractivity contribution < 1.29 is 4.39 Å². The molecule has 0 radical (unpaired) electrons. The molecule has 0 unspecified atom stereocenters. The lowest BCUT2D eigenvalue weighted by Gasteiger charge is -2.07. The van der Waals surface area contributed by atoms with Gasteiger partial charge in [0.25, 0.3) is 0 Å². The zero-order valence-corrected chi connectivity index (χ0v) is 11.7. The molecule has 0 N–H and O–H groups in total.